The third kappa shape index (κ3) is 4.28. The van der Waals surface area contributed by atoms with Gasteiger partial charge in [-0.3, -0.25) is 4.79 Å². The summed E-state index contributed by atoms with van der Waals surface area (Å²) in [5, 5.41) is 3.19. The molecule has 0 bridgehead atoms. The van der Waals surface area contributed by atoms with Crippen LogP contribution in [0.3, 0.4) is 0 Å². The Bertz CT molecular complexity index is 990. The minimum atomic E-state index is -0.204. The summed E-state index contributed by atoms with van der Waals surface area (Å²) in [7, 11) is 1.69. The molecule has 8 heteroatoms. The number of methoxy groups -OCH3 is 1. The highest BCUT2D eigenvalue weighted by atomic mass is 16.5. The summed E-state index contributed by atoms with van der Waals surface area (Å²) in [5.41, 5.74) is 1.98. The molecule has 1 fully saturated rings. The number of fused-ring (bicyclic) bond motifs is 1. The van der Waals surface area contributed by atoms with Gasteiger partial charge in [-0.05, 0) is 38.0 Å². The predicted molar refractivity (Wildman–Crippen MR) is 115 cm³/mol. The summed E-state index contributed by atoms with van der Waals surface area (Å²) >= 11 is 0. The summed E-state index contributed by atoms with van der Waals surface area (Å²) in [4.78, 5) is 28.6. The van der Waals surface area contributed by atoms with Crippen molar-refractivity contribution < 1.29 is 9.53 Å². The number of carbonyl (C=O) groups excluding carboxylic acids is 1. The minimum Gasteiger partial charge on any atom is -0.383 e. The van der Waals surface area contributed by atoms with E-state index in [9.17, 15) is 4.79 Å². The fourth-order valence-corrected chi connectivity index (χ4v) is 4.07. The molecule has 0 radical (unpaired) electrons. The molecule has 3 heterocycles. The molecule has 158 valence electrons. The Balaban J connectivity index is 1.48. The topological polar surface area (TPSA) is 85.2 Å². The van der Waals surface area contributed by atoms with Crippen LogP contribution < -0.4 is 10.2 Å². The normalized spacial score (nSPS) is 17.8. The van der Waals surface area contributed by atoms with Crippen LogP contribution in [0.5, 0.6) is 0 Å². The average molecular weight is 409 g/mol. The number of nitrogens with zero attached hydrogens (tertiary/aromatic N) is 5. The van der Waals surface area contributed by atoms with Crippen LogP contribution in [0, 0.1) is 5.92 Å². The zero-order valence-corrected chi connectivity index (χ0v) is 17.5. The van der Waals surface area contributed by atoms with Gasteiger partial charge >= 0.3 is 0 Å². The van der Waals surface area contributed by atoms with Crippen LogP contribution in [0.25, 0.3) is 11.0 Å². The van der Waals surface area contributed by atoms with E-state index < -0.39 is 0 Å². The highest BCUT2D eigenvalue weighted by molar-refractivity contribution is 5.80. The molecular weight excluding hydrogens is 380 g/mol. The van der Waals surface area contributed by atoms with Crippen molar-refractivity contribution in [3.63, 3.8) is 0 Å². The molecule has 8 nitrogen and oxygen atoms in total. The molecule has 1 saturated heterocycles. The molecule has 0 saturated carbocycles. The van der Waals surface area contributed by atoms with Gasteiger partial charge in [0.2, 0.25) is 11.9 Å². The first-order valence-corrected chi connectivity index (χ1v) is 10.4. The number of anilines is 1. The molecule has 1 unspecified atom stereocenters. The number of hydrogen-bond donors (Lipinski definition) is 1. The molecule has 2 atom stereocenters. The van der Waals surface area contributed by atoms with Crippen LogP contribution in [0.15, 0.2) is 42.7 Å². The van der Waals surface area contributed by atoms with Crippen LogP contribution in [0.2, 0.25) is 0 Å². The maximum atomic E-state index is 13.1. The molecule has 30 heavy (non-hydrogen) atoms. The van der Waals surface area contributed by atoms with Gasteiger partial charge in [0.25, 0.3) is 0 Å². The number of carbonyl (C=O) groups is 1. The molecule has 1 amide bonds. The van der Waals surface area contributed by atoms with E-state index >= 15 is 0 Å². The molecule has 0 aliphatic carbocycles. The van der Waals surface area contributed by atoms with Gasteiger partial charge in [-0.25, -0.2) is 15.0 Å². The van der Waals surface area contributed by atoms with E-state index in [1.165, 1.54) is 0 Å². The lowest BCUT2D eigenvalue weighted by atomic mass is 9.97. The maximum absolute atomic E-state index is 13.1. The predicted octanol–water partition coefficient (Wildman–Crippen LogP) is 2.57. The maximum Gasteiger partial charge on any atom is 0.225 e. The molecule has 2 aromatic heterocycles. The quantitative estimate of drug-likeness (QED) is 0.647. The van der Waals surface area contributed by atoms with E-state index in [0.717, 1.165) is 36.2 Å². The lowest BCUT2D eigenvalue weighted by molar-refractivity contribution is -0.126. The van der Waals surface area contributed by atoms with Crippen molar-refractivity contribution in [2.24, 2.45) is 5.92 Å². The Morgan fingerprint density at radius 2 is 2.07 bits per heavy atom. The zero-order chi connectivity index (χ0) is 20.9. The monoisotopic (exact) mass is 408 g/mol. The first kappa shape index (κ1) is 20.3. The number of para-hydroxylation sites is 2. The third-order valence-electron chi connectivity index (χ3n) is 5.58. The van der Waals surface area contributed by atoms with E-state index in [2.05, 4.69) is 30.8 Å². The van der Waals surface area contributed by atoms with Gasteiger partial charge in [0.1, 0.15) is 5.82 Å². The Labute approximate surface area is 176 Å². The number of piperidine rings is 1. The Morgan fingerprint density at radius 1 is 1.27 bits per heavy atom. The standard InChI is InChI=1S/C22H28N6O2/c1-16(20-26-18-8-3-4-9-19(18)28(20)13-14-30-2)25-21(29)17-7-5-12-27(15-17)22-23-10-6-11-24-22/h3-4,6,8-11,16-17H,5,7,12-15H2,1-2H3,(H,25,29)/t16-,17?/m0/s1. The number of rotatable bonds is 7. The SMILES string of the molecule is COCCn1c([C@H](C)NC(=O)C2CCCN(c3ncccn3)C2)nc2ccccc21. The summed E-state index contributed by atoms with van der Waals surface area (Å²) in [6.45, 7) is 4.76. The van der Waals surface area contributed by atoms with Crippen molar-refractivity contribution in [2.75, 3.05) is 31.7 Å². The second-order valence-electron chi connectivity index (χ2n) is 7.67. The van der Waals surface area contributed by atoms with Crippen LogP contribution >= 0.6 is 0 Å². The summed E-state index contributed by atoms with van der Waals surface area (Å²) in [6, 6.07) is 9.62. The molecule has 3 aromatic rings. The second-order valence-corrected chi connectivity index (χ2v) is 7.67. The first-order chi connectivity index (χ1) is 14.7. The van der Waals surface area contributed by atoms with Gasteiger partial charge in [0, 0.05) is 39.1 Å². The average Bonchev–Trinajstić information content (AvgIpc) is 3.17. The van der Waals surface area contributed by atoms with Crippen molar-refractivity contribution in [3.05, 3.63) is 48.5 Å². The van der Waals surface area contributed by atoms with E-state index in [1.807, 2.05) is 25.1 Å². The van der Waals surface area contributed by atoms with Gasteiger partial charge in [0.15, 0.2) is 0 Å². The minimum absolute atomic E-state index is 0.0495. The lowest BCUT2D eigenvalue weighted by Gasteiger charge is -2.32. The van der Waals surface area contributed by atoms with Crippen molar-refractivity contribution in [1.82, 2.24) is 24.8 Å². The van der Waals surface area contributed by atoms with Gasteiger partial charge < -0.3 is 19.5 Å². The molecule has 1 aromatic carbocycles. The number of aromatic nitrogens is 4. The third-order valence-corrected chi connectivity index (χ3v) is 5.58. The Kier molecular flexibility index (Phi) is 6.23. The molecule has 1 N–H and O–H groups in total. The molecule has 1 aliphatic heterocycles. The molecule has 4 rings (SSSR count). The number of benzene rings is 1. The highest BCUT2D eigenvalue weighted by Crippen LogP contribution is 2.23. The van der Waals surface area contributed by atoms with E-state index in [4.69, 9.17) is 9.72 Å². The zero-order valence-electron chi connectivity index (χ0n) is 17.5. The fraction of sp³-hybridized carbons (Fsp3) is 0.455. The lowest BCUT2D eigenvalue weighted by Crippen LogP contribution is -2.44. The van der Waals surface area contributed by atoms with Crippen molar-refractivity contribution in [1.29, 1.82) is 0 Å². The molecule has 1 aliphatic rings. The number of hydrogen-bond acceptors (Lipinski definition) is 6. The number of ether oxygens (including phenoxy) is 1. The van der Waals surface area contributed by atoms with Crippen molar-refractivity contribution in [3.8, 4) is 0 Å². The van der Waals surface area contributed by atoms with Crippen molar-refractivity contribution >= 4 is 22.9 Å². The van der Waals surface area contributed by atoms with Gasteiger partial charge in [0.05, 0.1) is 29.6 Å². The van der Waals surface area contributed by atoms with Gasteiger partial charge in [-0.15, -0.1) is 0 Å². The van der Waals surface area contributed by atoms with E-state index in [0.29, 0.717) is 25.6 Å². The second kappa shape index (κ2) is 9.21. The van der Waals surface area contributed by atoms with Crippen LogP contribution in [0.4, 0.5) is 5.95 Å². The molecular formula is C22H28N6O2. The highest BCUT2D eigenvalue weighted by Gasteiger charge is 2.29. The van der Waals surface area contributed by atoms with Gasteiger partial charge in [-0.1, -0.05) is 12.1 Å². The Morgan fingerprint density at radius 3 is 2.87 bits per heavy atom. The number of nitrogens with one attached hydrogen (secondary N) is 1. The number of amides is 1. The fourth-order valence-electron chi connectivity index (χ4n) is 4.07. The van der Waals surface area contributed by atoms with Crippen LogP contribution in [-0.4, -0.2) is 52.2 Å². The summed E-state index contributed by atoms with van der Waals surface area (Å²) < 4.78 is 7.41. The summed E-state index contributed by atoms with van der Waals surface area (Å²) in [5.74, 6) is 1.49. The number of imidazole rings is 1. The van der Waals surface area contributed by atoms with Crippen LogP contribution in [-0.2, 0) is 16.1 Å². The largest absolute Gasteiger partial charge is 0.383 e. The van der Waals surface area contributed by atoms with E-state index in [1.54, 1.807) is 25.6 Å². The van der Waals surface area contributed by atoms with Crippen molar-refractivity contribution in [2.45, 2.75) is 32.4 Å². The first-order valence-electron chi connectivity index (χ1n) is 10.4. The molecule has 0 spiro atoms. The Hall–Kier alpha value is -3.00. The van der Waals surface area contributed by atoms with E-state index in [-0.39, 0.29) is 17.9 Å². The smallest absolute Gasteiger partial charge is 0.225 e. The van der Waals surface area contributed by atoms with Crippen LogP contribution in [0.1, 0.15) is 31.6 Å². The van der Waals surface area contributed by atoms with Gasteiger partial charge in [-0.2, -0.15) is 0 Å². The summed E-state index contributed by atoms with van der Waals surface area (Å²) in [6.07, 6.45) is 5.27.